The van der Waals surface area contributed by atoms with Crippen LogP contribution in [0.1, 0.15) is 27.8 Å². The van der Waals surface area contributed by atoms with Gasteiger partial charge in [0.1, 0.15) is 0 Å². The fraction of sp³-hybridized carbons (Fsp3) is 0.294. The molecule has 20 heavy (non-hydrogen) atoms. The molecule has 0 unspecified atom stereocenters. The summed E-state index contributed by atoms with van der Waals surface area (Å²) in [5.41, 5.74) is 6.58. The summed E-state index contributed by atoms with van der Waals surface area (Å²) >= 11 is 5.65. The van der Waals surface area contributed by atoms with Crippen molar-refractivity contribution in [3.63, 3.8) is 0 Å². The Labute approximate surface area is 157 Å². The van der Waals surface area contributed by atoms with Crippen LogP contribution >= 0.6 is 35.6 Å². The van der Waals surface area contributed by atoms with Crippen molar-refractivity contribution in [3.05, 3.63) is 70.3 Å². The van der Waals surface area contributed by atoms with E-state index in [1.54, 1.807) is 0 Å². The standard InChI is InChI=1S/C9H11Cl.C8H10.HI.V/c1-7-3-4-9(6-10)5-8(7)2;1-7-5-3-4-6-8(7)2;;/h3-5H,6H2,1-2H3;3-6H,1-2H3;1H;. The Morgan fingerprint density at radius 1 is 0.750 bits per heavy atom. The molecular formula is C17H22ClIV. The second kappa shape index (κ2) is 11.7. The molecule has 0 aliphatic rings. The van der Waals surface area contributed by atoms with Crippen LogP contribution in [-0.2, 0) is 24.4 Å². The monoisotopic (exact) mass is 439 g/mol. The number of hydrogen-bond acceptors (Lipinski definition) is 0. The molecule has 2 rings (SSSR count). The molecule has 0 aromatic heterocycles. The average Bonchev–Trinajstić information content (AvgIpc) is 2.37. The summed E-state index contributed by atoms with van der Waals surface area (Å²) in [6.45, 7) is 8.45. The number of hydrogen-bond donors (Lipinski definition) is 0. The fourth-order valence-corrected chi connectivity index (χ4v) is 1.72. The van der Waals surface area contributed by atoms with Crippen molar-refractivity contribution in [2.45, 2.75) is 33.6 Å². The van der Waals surface area contributed by atoms with Gasteiger partial charge in [-0.3, -0.25) is 0 Å². The van der Waals surface area contributed by atoms with E-state index in [2.05, 4.69) is 70.2 Å². The molecule has 0 bridgehead atoms. The second-order valence-corrected chi connectivity index (χ2v) is 4.90. The Morgan fingerprint density at radius 2 is 1.20 bits per heavy atom. The van der Waals surface area contributed by atoms with E-state index in [4.69, 9.17) is 11.6 Å². The van der Waals surface area contributed by atoms with E-state index in [9.17, 15) is 0 Å². The largest absolute Gasteiger partial charge is 0.122 e. The molecule has 1 radical (unpaired) electrons. The van der Waals surface area contributed by atoms with Crippen LogP contribution in [0.2, 0.25) is 0 Å². The number of halogens is 2. The smallest absolute Gasteiger partial charge is 0.0474 e. The predicted octanol–water partition coefficient (Wildman–Crippen LogP) is 5.96. The van der Waals surface area contributed by atoms with Crippen molar-refractivity contribution in [1.29, 1.82) is 0 Å². The van der Waals surface area contributed by atoms with Gasteiger partial charge in [0, 0.05) is 24.4 Å². The quantitative estimate of drug-likeness (QED) is 0.380. The van der Waals surface area contributed by atoms with Crippen molar-refractivity contribution >= 4 is 35.6 Å². The first-order valence-corrected chi connectivity index (χ1v) is 6.72. The van der Waals surface area contributed by atoms with Gasteiger partial charge in [0.25, 0.3) is 0 Å². The molecule has 0 heterocycles. The van der Waals surface area contributed by atoms with E-state index in [0.29, 0.717) is 5.88 Å². The van der Waals surface area contributed by atoms with Crippen LogP contribution in [0.3, 0.4) is 0 Å². The summed E-state index contributed by atoms with van der Waals surface area (Å²) in [6, 6.07) is 14.7. The molecular weight excluding hydrogens is 417 g/mol. The first kappa shape index (κ1) is 22.3. The summed E-state index contributed by atoms with van der Waals surface area (Å²) in [7, 11) is 0. The fourth-order valence-electron chi connectivity index (χ4n) is 1.55. The van der Waals surface area contributed by atoms with Gasteiger partial charge in [0.05, 0.1) is 0 Å². The maximum Gasteiger partial charge on any atom is 0.0474 e. The third-order valence-electron chi connectivity index (χ3n) is 3.15. The van der Waals surface area contributed by atoms with E-state index >= 15 is 0 Å². The summed E-state index contributed by atoms with van der Waals surface area (Å²) < 4.78 is 0. The van der Waals surface area contributed by atoms with Crippen LogP contribution < -0.4 is 0 Å². The van der Waals surface area contributed by atoms with E-state index in [1.165, 1.54) is 27.8 Å². The molecule has 0 saturated heterocycles. The molecule has 0 aliphatic heterocycles. The number of alkyl halides is 1. The van der Waals surface area contributed by atoms with Crippen molar-refractivity contribution < 1.29 is 18.6 Å². The number of benzene rings is 2. The maximum atomic E-state index is 5.65. The summed E-state index contributed by atoms with van der Waals surface area (Å²) in [4.78, 5) is 0. The minimum absolute atomic E-state index is 0. The Hall–Kier alpha value is 0.0444. The first-order valence-electron chi connectivity index (χ1n) is 6.19. The van der Waals surface area contributed by atoms with Gasteiger partial charge < -0.3 is 0 Å². The third-order valence-corrected chi connectivity index (χ3v) is 3.46. The molecule has 109 valence electrons. The van der Waals surface area contributed by atoms with Crippen molar-refractivity contribution in [2.75, 3.05) is 0 Å². The number of rotatable bonds is 1. The Morgan fingerprint density at radius 3 is 1.55 bits per heavy atom. The topological polar surface area (TPSA) is 0 Å². The Bertz CT molecular complexity index is 491. The van der Waals surface area contributed by atoms with E-state index in [-0.39, 0.29) is 42.5 Å². The van der Waals surface area contributed by atoms with Crippen LogP contribution in [-0.4, -0.2) is 0 Å². The molecule has 0 amide bonds. The summed E-state index contributed by atoms with van der Waals surface area (Å²) in [5.74, 6) is 0.612. The van der Waals surface area contributed by atoms with Gasteiger partial charge in [-0.1, -0.05) is 42.5 Å². The minimum atomic E-state index is 0. The van der Waals surface area contributed by atoms with Gasteiger partial charge in [-0.25, -0.2) is 0 Å². The van der Waals surface area contributed by atoms with Crippen LogP contribution in [0, 0.1) is 27.7 Å². The molecule has 2 aromatic carbocycles. The van der Waals surface area contributed by atoms with Crippen molar-refractivity contribution in [3.8, 4) is 0 Å². The van der Waals surface area contributed by atoms with Gasteiger partial charge in [-0.2, -0.15) is 0 Å². The van der Waals surface area contributed by atoms with Crippen molar-refractivity contribution in [2.24, 2.45) is 0 Å². The average molecular weight is 440 g/mol. The Kier molecular flexibility index (Phi) is 13.0. The normalized spacial score (nSPS) is 8.65. The zero-order chi connectivity index (χ0) is 13.5. The molecule has 0 atom stereocenters. The van der Waals surface area contributed by atoms with Crippen LogP contribution in [0.15, 0.2) is 42.5 Å². The molecule has 0 spiro atoms. The maximum absolute atomic E-state index is 5.65. The van der Waals surface area contributed by atoms with Crippen LogP contribution in [0.4, 0.5) is 0 Å². The van der Waals surface area contributed by atoms with Gasteiger partial charge in [0.15, 0.2) is 0 Å². The molecule has 0 saturated carbocycles. The number of aryl methyl sites for hydroxylation is 4. The molecule has 0 aliphatic carbocycles. The zero-order valence-electron chi connectivity index (χ0n) is 12.5. The SMILES string of the molecule is Cc1ccc(CCl)cc1C.Cc1ccccc1C.I.[V]. The molecule has 0 fully saturated rings. The minimum Gasteiger partial charge on any atom is -0.122 e. The van der Waals surface area contributed by atoms with E-state index < -0.39 is 0 Å². The van der Waals surface area contributed by atoms with Gasteiger partial charge in [0.2, 0.25) is 0 Å². The van der Waals surface area contributed by atoms with Gasteiger partial charge in [-0.05, 0) is 55.5 Å². The van der Waals surface area contributed by atoms with Crippen LogP contribution in [0.5, 0.6) is 0 Å². The molecule has 0 nitrogen and oxygen atoms in total. The van der Waals surface area contributed by atoms with Gasteiger partial charge >= 0.3 is 0 Å². The van der Waals surface area contributed by atoms with Gasteiger partial charge in [-0.15, -0.1) is 35.6 Å². The molecule has 0 N–H and O–H groups in total. The third kappa shape index (κ3) is 7.73. The first-order chi connectivity index (χ1) is 8.54. The predicted molar refractivity (Wildman–Crippen MR) is 96.8 cm³/mol. The van der Waals surface area contributed by atoms with Crippen molar-refractivity contribution in [1.82, 2.24) is 0 Å². The van der Waals surface area contributed by atoms with E-state index in [0.717, 1.165) is 0 Å². The summed E-state index contributed by atoms with van der Waals surface area (Å²) in [6.07, 6.45) is 0. The molecule has 2 aromatic rings. The summed E-state index contributed by atoms with van der Waals surface area (Å²) in [5, 5.41) is 0. The van der Waals surface area contributed by atoms with Crippen LogP contribution in [0.25, 0.3) is 0 Å². The second-order valence-electron chi connectivity index (χ2n) is 4.64. The van der Waals surface area contributed by atoms with E-state index in [1.807, 2.05) is 0 Å². The zero-order valence-corrected chi connectivity index (χ0v) is 17.0. The molecule has 3 heteroatoms. The Balaban J connectivity index is 0.